The van der Waals surface area contributed by atoms with Gasteiger partial charge in [0, 0.05) is 10.6 Å². The van der Waals surface area contributed by atoms with E-state index in [1.807, 2.05) is 6.07 Å². The van der Waals surface area contributed by atoms with Crippen LogP contribution in [0, 0.1) is 12.7 Å². The molecule has 0 radical (unpaired) electrons. The highest BCUT2D eigenvalue weighted by Crippen LogP contribution is 2.30. The number of halogens is 1. The Kier molecular flexibility index (Phi) is 4.94. The van der Waals surface area contributed by atoms with Gasteiger partial charge in [-0.05, 0) is 61.9 Å². The molecule has 1 amide bonds. The van der Waals surface area contributed by atoms with Crippen LogP contribution >= 0.6 is 11.3 Å². The molecule has 3 rings (SSSR count). The normalized spacial score (nSPS) is 13.2. The van der Waals surface area contributed by atoms with Crippen LogP contribution in [0.15, 0.2) is 24.3 Å². The lowest BCUT2D eigenvalue weighted by Gasteiger charge is -2.08. The molecule has 0 saturated heterocycles. The van der Waals surface area contributed by atoms with E-state index >= 15 is 0 Å². The van der Waals surface area contributed by atoms with Crippen LogP contribution in [0.25, 0.3) is 0 Å². The van der Waals surface area contributed by atoms with Crippen LogP contribution in [0.1, 0.15) is 38.5 Å². The molecule has 1 aromatic heterocycles. The van der Waals surface area contributed by atoms with Crippen molar-refractivity contribution in [3.05, 3.63) is 51.0 Å². The van der Waals surface area contributed by atoms with Crippen LogP contribution in [0.3, 0.4) is 0 Å². The average Bonchev–Trinajstić information content (AvgIpc) is 3.00. The number of ether oxygens (including phenoxy) is 1. The van der Waals surface area contributed by atoms with Gasteiger partial charge >= 0.3 is 5.97 Å². The van der Waals surface area contributed by atoms with Crippen molar-refractivity contribution >= 4 is 28.9 Å². The highest BCUT2D eigenvalue weighted by atomic mass is 32.1. The molecular formula is C18H18FNO3S. The van der Waals surface area contributed by atoms with Crippen molar-refractivity contribution in [2.75, 3.05) is 11.9 Å². The minimum Gasteiger partial charge on any atom is -0.451 e. The SMILES string of the molecule is Cc1ccc(F)cc1NC(=O)COC(=O)c1cc2c(s1)CCCC2. The predicted octanol–water partition coefficient (Wildman–Crippen LogP) is 3.87. The number of amides is 1. The Morgan fingerprint density at radius 2 is 2.04 bits per heavy atom. The minimum atomic E-state index is -0.488. The van der Waals surface area contributed by atoms with Crippen molar-refractivity contribution in [3.8, 4) is 0 Å². The van der Waals surface area contributed by atoms with Gasteiger partial charge in [0.25, 0.3) is 5.91 Å². The first kappa shape index (κ1) is 16.6. The lowest BCUT2D eigenvalue weighted by Crippen LogP contribution is -2.21. The Hall–Kier alpha value is -2.21. The molecule has 24 heavy (non-hydrogen) atoms. The maximum Gasteiger partial charge on any atom is 0.348 e. The first-order valence-electron chi connectivity index (χ1n) is 7.87. The molecule has 1 aliphatic rings. The van der Waals surface area contributed by atoms with Gasteiger partial charge in [-0.25, -0.2) is 9.18 Å². The molecule has 4 nitrogen and oxygen atoms in total. The molecule has 0 aliphatic heterocycles. The first-order valence-corrected chi connectivity index (χ1v) is 8.69. The maximum absolute atomic E-state index is 13.2. The van der Waals surface area contributed by atoms with Crippen molar-refractivity contribution in [2.24, 2.45) is 0 Å². The molecule has 0 fully saturated rings. The minimum absolute atomic E-state index is 0.377. The Labute approximate surface area is 143 Å². The number of fused-ring (bicyclic) bond motifs is 1. The van der Waals surface area contributed by atoms with Crippen LogP contribution in [-0.2, 0) is 22.4 Å². The van der Waals surface area contributed by atoms with E-state index in [4.69, 9.17) is 4.74 Å². The third-order valence-corrected chi connectivity index (χ3v) is 5.22. The predicted molar refractivity (Wildman–Crippen MR) is 91.0 cm³/mol. The standard InChI is InChI=1S/C18H18FNO3S/c1-11-6-7-13(19)9-14(11)20-17(21)10-23-18(22)16-8-12-4-2-3-5-15(12)24-16/h6-9H,2-5,10H2,1H3,(H,20,21). The number of thiophene rings is 1. The molecular weight excluding hydrogens is 329 g/mol. The fourth-order valence-corrected chi connectivity index (χ4v) is 3.86. The number of aryl methyl sites for hydroxylation is 3. The van der Waals surface area contributed by atoms with E-state index in [9.17, 15) is 14.0 Å². The topological polar surface area (TPSA) is 55.4 Å². The fraction of sp³-hybridized carbons (Fsp3) is 0.333. The Balaban J connectivity index is 1.56. The summed E-state index contributed by atoms with van der Waals surface area (Å²) in [6.45, 7) is 1.37. The lowest BCUT2D eigenvalue weighted by atomic mass is 9.99. The van der Waals surface area contributed by atoms with Crippen LogP contribution in [-0.4, -0.2) is 18.5 Å². The summed E-state index contributed by atoms with van der Waals surface area (Å²) in [7, 11) is 0. The van der Waals surface area contributed by atoms with E-state index in [1.165, 1.54) is 33.9 Å². The number of esters is 1. The molecule has 0 spiro atoms. The first-order chi connectivity index (χ1) is 11.5. The Morgan fingerprint density at radius 3 is 2.83 bits per heavy atom. The summed E-state index contributed by atoms with van der Waals surface area (Å²) in [6.07, 6.45) is 4.30. The van der Waals surface area contributed by atoms with E-state index in [-0.39, 0.29) is 0 Å². The molecule has 1 aromatic carbocycles. The summed E-state index contributed by atoms with van der Waals surface area (Å²) in [6, 6.07) is 6.01. The van der Waals surface area contributed by atoms with Gasteiger partial charge in [-0.3, -0.25) is 4.79 Å². The number of nitrogens with one attached hydrogen (secondary N) is 1. The van der Waals surface area contributed by atoms with Gasteiger partial charge in [0.05, 0.1) is 0 Å². The van der Waals surface area contributed by atoms with Crippen molar-refractivity contribution in [2.45, 2.75) is 32.6 Å². The molecule has 1 heterocycles. The second kappa shape index (κ2) is 7.13. The van der Waals surface area contributed by atoms with E-state index in [0.717, 1.165) is 31.2 Å². The summed E-state index contributed by atoms with van der Waals surface area (Å²) in [4.78, 5) is 25.8. The van der Waals surface area contributed by atoms with Crippen LogP contribution in [0.4, 0.5) is 10.1 Å². The van der Waals surface area contributed by atoms with Gasteiger partial charge in [-0.2, -0.15) is 0 Å². The van der Waals surface area contributed by atoms with E-state index < -0.39 is 24.3 Å². The number of anilines is 1. The monoisotopic (exact) mass is 347 g/mol. The molecule has 2 aromatic rings. The maximum atomic E-state index is 13.2. The zero-order valence-corrected chi connectivity index (χ0v) is 14.2. The quantitative estimate of drug-likeness (QED) is 0.854. The van der Waals surface area contributed by atoms with Crippen LogP contribution in [0.2, 0.25) is 0 Å². The van der Waals surface area contributed by atoms with Gasteiger partial charge in [0.2, 0.25) is 0 Å². The molecule has 1 aliphatic carbocycles. The fourth-order valence-electron chi connectivity index (χ4n) is 2.71. The van der Waals surface area contributed by atoms with Gasteiger partial charge in [-0.1, -0.05) is 6.07 Å². The molecule has 6 heteroatoms. The number of carbonyl (C=O) groups is 2. The lowest BCUT2D eigenvalue weighted by molar-refractivity contribution is -0.119. The van der Waals surface area contributed by atoms with Gasteiger partial charge in [-0.15, -0.1) is 11.3 Å². The van der Waals surface area contributed by atoms with Crippen molar-refractivity contribution in [1.82, 2.24) is 0 Å². The van der Waals surface area contributed by atoms with E-state index in [0.29, 0.717) is 10.6 Å². The van der Waals surface area contributed by atoms with Crippen molar-refractivity contribution in [1.29, 1.82) is 0 Å². The van der Waals surface area contributed by atoms with Gasteiger partial charge in [0.15, 0.2) is 6.61 Å². The highest BCUT2D eigenvalue weighted by Gasteiger charge is 2.19. The van der Waals surface area contributed by atoms with Gasteiger partial charge < -0.3 is 10.1 Å². The molecule has 126 valence electrons. The summed E-state index contributed by atoms with van der Waals surface area (Å²) in [5, 5.41) is 2.55. The number of rotatable bonds is 4. The number of hydrogen-bond acceptors (Lipinski definition) is 4. The van der Waals surface area contributed by atoms with E-state index in [2.05, 4.69) is 5.32 Å². The highest BCUT2D eigenvalue weighted by molar-refractivity contribution is 7.14. The zero-order valence-electron chi connectivity index (χ0n) is 13.4. The molecule has 1 N–H and O–H groups in total. The third kappa shape index (κ3) is 3.82. The zero-order chi connectivity index (χ0) is 17.1. The van der Waals surface area contributed by atoms with Gasteiger partial charge in [0.1, 0.15) is 10.7 Å². The summed E-state index contributed by atoms with van der Waals surface area (Å²) in [5.74, 6) is -1.41. The third-order valence-electron chi connectivity index (χ3n) is 4.01. The van der Waals surface area contributed by atoms with Crippen LogP contribution in [0.5, 0.6) is 0 Å². The second-order valence-electron chi connectivity index (χ2n) is 5.85. The van der Waals surface area contributed by atoms with Crippen LogP contribution < -0.4 is 5.32 Å². The van der Waals surface area contributed by atoms with Crippen molar-refractivity contribution < 1.29 is 18.7 Å². The number of benzene rings is 1. The number of carbonyl (C=O) groups excluding carboxylic acids is 2. The summed E-state index contributed by atoms with van der Waals surface area (Å²) >= 11 is 1.45. The molecule has 0 saturated carbocycles. The molecule has 0 unspecified atom stereocenters. The largest absolute Gasteiger partial charge is 0.451 e. The second-order valence-corrected chi connectivity index (χ2v) is 6.99. The molecule has 0 bridgehead atoms. The summed E-state index contributed by atoms with van der Waals surface area (Å²) in [5.41, 5.74) is 2.34. The van der Waals surface area contributed by atoms with E-state index in [1.54, 1.807) is 13.0 Å². The summed E-state index contributed by atoms with van der Waals surface area (Å²) < 4.78 is 18.3. The number of hydrogen-bond donors (Lipinski definition) is 1. The Morgan fingerprint density at radius 1 is 1.25 bits per heavy atom. The average molecular weight is 347 g/mol. The van der Waals surface area contributed by atoms with Crippen molar-refractivity contribution in [3.63, 3.8) is 0 Å². The molecule has 0 atom stereocenters. The Bertz CT molecular complexity index is 761. The smallest absolute Gasteiger partial charge is 0.348 e.